The summed E-state index contributed by atoms with van der Waals surface area (Å²) in [6.07, 6.45) is 1.22. The molecule has 1 aliphatic rings. The minimum absolute atomic E-state index is 0.124. The van der Waals surface area contributed by atoms with Gasteiger partial charge in [-0.05, 0) is 81.1 Å². The number of benzene rings is 2. The molecule has 1 saturated heterocycles. The molecule has 2 aromatic carbocycles. The Morgan fingerprint density at radius 1 is 1.17 bits per heavy atom. The molecule has 10 heteroatoms. The highest BCUT2D eigenvalue weighted by Gasteiger charge is 2.33. The Bertz CT molecular complexity index is 1410. The number of amides is 1. The number of hydrogen-bond donors (Lipinski definition) is 0. The number of hydrogen-bond acceptors (Lipinski definition) is 6. The molecule has 0 N–H and O–H groups in total. The summed E-state index contributed by atoms with van der Waals surface area (Å²) in [5, 5.41) is 0. The number of thiazole rings is 1. The first-order valence-electron chi connectivity index (χ1n) is 12.2. The third-order valence-corrected chi connectivity index (χ3v) is 9.52. The third kappa shape index (κ3) is 5.56. The average molecular weight is 532 g/mol. The average Bonchev–Trinajstić information content (AvgIpc) is 3.20. The fraction of sp³-hybridized carbons (Fsp3) is 0.462. The number of carbonyl (C=O) groups is 1. The predicted octanol–water partition coefficient (Wildman–Crippen LogP) is 3.89. The second kappa shape index (κ2) is 11.2. The number of ether oxygens (including phenoxy) is 2. The molecule has 4 rings (SSSR count). The molecular formula is C26H33N3O5S2. The first-order chi connectivity index (χ1) is 17.2. The van der Waals surface area contributed by atoms with Crippen LogP contribution in [0.1, 0.15) is 30.9 Å². The second-order valence-electron chi connectivity index (χ2n) is 8.97. The van der Waals surface area contributed by atoms with Crippen molar-refractivity contribution in [3.8, 4) is 5.75 Å². The fourth-order valence-corrected chi connectivity index (χ4v) is 7.03. The number of methoxy groups -OCH3 is 1. The lowest BCUT2D eigenvalue weighted by Gasteiger charge is -2.30. The third-order valence-electron chi connectivity index (χ3n) is 6.60. The van der Waals surface area contributed by atoms with E-state index in [0.29, 0.717) is 49.7 Å². The highest BCUT2D eigenvalue weighted by molar-refractivity contribution is 7.89. The summed E-state index contributed by atoms with van der Waals surface area (Å²) in [6, 6.07) is 10.6. The fourth-order valence-electron chi connectivity index (χ4n) is 4.37. The van der Waals surface area contributed by atoms with Crippen LogP contribution >= 0.6 is 11.3 Å². The van der Waals surface area contributed by atoms with Gasteiger partial charge in [0.15, 0.2) is 4.80 Å². The normalized spacial score (nSPS) is 17.6. The van der Waals surface area contributed by atoms with Crippen molar-refractivity contribution in [3.63, 3.8) is 0 Å². The molecule has 194 valence electrons. The van der Waals surface area contributed by atoms with Gasteiger partial charge in [-0.25, -0.2) is 8.42 Å². The van der Waals surface area contributed by atoms with E-state index in [-0.39, 0.29) is 17.3 Å². The van der Waals surface area contributed by atoms with Crippen molar-refractivity contribution >= 4 is 37.5 Å². The lowest BCUT2D eigenvalue weighted by molar-refractivity contribution is -0.122. The number of piperidine rings is 1. The van der Waals surface area contributed by atoms with Crippen molar-refractivity contribution in [2.45, 2.75) is 45.1 Å². The van der Waals surface area contributed by atoms with Crippen LogP contribution in [0.25, 0.3) is 10.2 Å². The molecule has 1 amide bonds. The highest BCUT2D eigenvalue weighted by atomic mass is 32.2. The molecule has 0 saturated carbocycles. The molecule has 8 nitrogen and oxygen atoms in total. The molecule has 0 radical (unpaired) electrons. The molecule has 1 unspecified atom stereocenters. The zero-order valence-corrected chi connectivity index (χ0v) is 22.8. The summed E-state index contributed by atoms with van der Waals surface area (Å²) in [4.78, 5) is 18.6. The van der Waals surface area contributed by atoms with E-state index >= 15 is 0 Å². The first-order valence-corrected chi connectivity index (χ1v) is 14.4. The van der Waals surface area contributed by atoms with Crippen molar-refractivity contribution in [1.82, 2.24) is 8.87 Å². The molecule has 0 aliphatic carbocycles. The Balaban J connectivity index is 1.61. The van der Waals surface area contributed by atoms with Crippen molar-refractivity contribution in [2.75, 3.05) is 33.4 Å². The maximum absolute atomic E-state index is 13.3. The largest absolute Gasteiger partial charge is 0.497 e. The van der Waals surface area contributed by atoms with Crippen LogP contribution in [0.5, 0.6) is 5.75 Å². The molecular weight excluding hydrogens is 498 g/mol. The first kappa shape index (κ1) is 26.5. The standard InChI is InChI=1S/C26H33N3O5S2/c1-5-34-14-13-29-23-15-18(2)19(3)16-24(23)35-26(29)27-25(30)20-7-6-12-28(17-20)36(31,32)22-10-8-21(33-4)9-11-22/h8-11,15-16,20H,5-7,12-14,17H2,1-4H3. The monoisotopic (exact) mass is 531 g/mol. The highest BCUT2D eigenvalue weighted by Crippen LogP contribution is 2.26. The molecule has 2 heterocycles. The summed E-state index contributed by atoms with van der Waals surface area (Å²) in [7, 11) is -2.18. The number of fused-ring (bicyclic) bond motifs is 1. The quantitative estimate of drug-likeness (QED) is 0.412. The van der Waals surface area contributed by atoms with Crippen molar-refractivity contribution in [1.29, 1.82) is 0 Å². The van der Waals surface area contributed by atoms with Crippen LogP contribution in [-0.4, -0.2) is 56.6 Å². The zero-order chi connectivity index (χ0) is 25.9. The van der Waals surface area contributed by atoms with E-state index < -0.39 is 15.9 Å². The van der Waals surface area contributed by atoms with Gasteiger partial charge in [-0.3, -0.25) is 4.79 Å². The minimum Gasteiger partial charge on any atom is -0.497 e. The number of nitrogens with zero attached hydrogens (tertiary/aromatic N) is 3. The molecule has 36 heavy (non-hydrogen) atoms. The second-order valence-corrected chi connectivity index (χ2v) is 11.9. The van der Waals surface area contributed by atoms with Gasteiger partial charge in [0.25, 0.3) is 5.91 Å². The van der Waals surface area contributed by atoms with Gasteiger partial charge < -0.3 is 14.0 Å². The van der Waals surface area contributed by atoms with Crippen LogP contribution < -0.4 is 9.54 Å². The minimum atomic E-state index is -3.71. The summed E-state index contributed by atoms with van der Waals surface area (Å²) in [5.74, 6) is -0.179. The number of sulfonamides is 1. The van der Waals surface area contributed by atoms with Gasteiger partial charge in [0.2, 0.25) is 10.0 Å². The number of aryl methyl sites for hydroxylation is 2. The van der Waals surface area contributed by atoms with E-state index in [9.17, 15) is 13.2 Å². The van der Waals surface area contributed by atoms with E-state index in [2.05, 4.69) is 31.0 Å². The maximum atomic E-state index is 13.3. The summed E-state index contributed by atoms with van der Waals surface area (Å²) in [6.45, 7) is 8.33. The Hall–Kier alpha value is -2.53. The molecule has 1 atom stereocenters. The topological polar surface area (TPSA) is 90.2 Å². The van der Waals surface area contributed by atoms with Gasteiger partial charge in [0.05, 0.1) is 34.7 Å². The van der Waals surface area contributed by atoms with Gasteiger partial charge in [0, 0.05) is 26.2 Å². The summed E-state index contributed by atoms with van der Waals surface area (Å²) in [5.41, 5.74) is 3.39. The number of carbonyl (C=O) groups excluding carboxylic acids is 1. The Morgan fingerprint density at radius 3 is 2.58 bits per heavy atom. The van der Waals surface area contributed by atoms with Crippen LogP contribution in [0.3, 0.4) is 0 Å². The summed E-state index contributed by atoms with van der Waals surface area (Å²) < 4.78 is 41.6. The van der Waals surface area contributed by atoms with E-state index in [1.165, 1.54) is 46.0 Å². The number of rotatable bonds is 8. The lowest BCUT2D eigenvalue weighted by Crippen LogP contribution is -2.42. The summed E-state index contributed by atoms with van der Waals surface area (Å²) >= 11 is 1.48. The van der Waals surface area contributed by atoms with Crippen LogP contribution in [0.2, 0.25) is 0 Å². The van der Waals surface area contributed by atoms with Crippen molar-refractivity contribution in [2.24, 2.45) is 10.9 Å². The van der Waals surface area contributed by atoms with Crippen LogP contribution in [0.15, 0.2) is 46.3 Å². The van der Waals surface area contributed by atoms with Crippen LogP contribution in [-0.2, 0) is 26.1 Å². The van der Waals surface area contributed by atoms with Crippen LogP contribution in [0, 0.1) is 19.8 Å². The molecule has 0 bridgehead atoms. The van der Waals surface area contributed by atoms with Gasteiger partial charge in [-0.15, -0.1) is 0 Å². The Morgan fingerprint density at radius 2 is 1.89 bits per heavy atom. The molecule has 0 spiro atoms. The number of aromatic nitrogens is 1. The molecule has 1 fully saturated rings. The van der Waals surface area contributed by atoms with E-state index in [1.54, 1.807) is 12.1 Å². The Labute approximate surface area is 216 Å². The van der Waals surface area contributed by atoms with Gasteiger partial charge in [0.1, 0.15) is 5.75 Å². The zero-order valence-electron chi connectivity index (χ0n) is 21.2. The molecule has 1 aliphatic heterocycles. The van der Waals surface area contributed by atoms with E-state index in [1.807, 2.05) is 11.5 Å². The predicted molar refractivity (Wildman–Crippen MR) is 141 cm³/mol. The molecule has 1 aromatic heterocycles. The molecule has 3 aromatic rings. The van der Waals surface area contributed by atoms with Crippen LogP contribution in [0.4, 0.5) is 0 Å². The van der Waals surface area contributed by atoms with E-state index in [4.69, 9.17) is 9.47 Å². The lowest BCUT2D eigenvalue weighted by atomic mass is 9.99. The Kier molecular flexibility index (Phi) is 8.29. The van der Waals surface area contributed by atoms with Gasteiger partial charge >= 0.3 is 0 Å². The SMILES string of the molecule is CCOCCn1c(=NC(=O)C2CCCN(S(=O)(=O)c3ccc(OC)cc3)C2)sc2cc(C)c(C)cc21. The van der Waals surface area contributed by atoms with Crippen molar-refractivity contribution in [3.05, 3.63) is 52.3 Å². The van der Waals surface area contributed by atoms with E-state index in [0.717, 1.165) is 10.2 Å². The smallest absolute Gasteiger partial charge is 0.252 e. The van der Waals surface area contributed by atoms with Gasteiger partial charge in [-0.1, -0.05) is 11.3 Å². The van der Waals surface area contributed by atoms with Gasteiger partial charge in [-0.2, -0.15) is 9.30 Å². The van der Waals surface area contributed by atoms with Crippen molar-refractivity contribution < 1.29 is 22.7 Å². The maximum Gasteiger partial charge on any atom is 0.252 e.